The van der Waals surface area contributed by atoms with Crippen LogP contribution in [0.3, 0.4) is 0 Å². The normalized spacial score (nSPS) is 11.1. The first kappa shape index (κ1) is 13.1. The third-order valence-corrected chi connectivity index (χ3v) is 2.00. The summed E-state index contributed by atoms with van der Waals surface area (Å²) >= 11 is 16.3. The van der Waals surface area contributed by atoms with Gasteiger partial charge in [-0.3, -0.25) is 0 Å². The molecule has 0 aromatic carbocycles. The standard InChI is InChI=1S/C8H11Cl3O2/c1-3-4-5-13-7(12)6(2)8(9,10)11/h2-5H2,1H3. The average Bonchev–Trinajstić information content (AvgIpc) is 2.01. The molecule has 0 saturated heterocycles. The van der Waals surface area contributed by atoms with Crippen molar-refractivity contribution in [3.8, 4) is 0 Å². The van der Waals surface area contributed by atoms with Gasteiger partial charge in [-0.1, -0.05) is 54.7 Å². The van der Waals surface area contributed by atoms with Gasteiger partial charge in [-0.2, -0.15) is 0 Å². The number of rotatable bonds is 4. The van der Waals surface area contributed by atoms with E-state index in [4.69, 9.17) is 39.5 Å². The van der Waals surface area contributed by atoms with Crippen molar-refractivity contribution in [2.75, 3.05) is 6.61 Å². The van der Waals surface area contributed by atoms with E-state index in [1.165, 1.54) is 0 Å². The highest BCUT2D eigenvalue weighted by Gasteiger charge is 2.30. The molecule has 0 N–H and O–H groups in total. The first-order valence-electron chi connectivity index (χ1n) is 3.82. The van der Waals surface area contributed by atoms with Crippen LogP contribution in [0, 0.1) is 0 Å². The largest absolute Gasteiger partial charge is 0.462 e. The fraction of sp³-hybridized carbons (Fsp3) is 0.625. The Bertz CT molecular complexity index is 196. The van der Waals surface area contributed by atoms with E-state index in [9.17, 15) is 4.79 Å². The summed E-state index contributed by atoms with van der Waals surface area (Å²) in [6.07, 6.45) is 1.73. The molecule has 0 amide bonds. The molecular formula is C8H11Cl3O2. The molecule has 76 valence electrons. The minimum absolute atomic E-state index is 0.159. The second-order valence-corrected chi connectivity index (χ2v) is 4.75. The van der Waals surface area contributed by atoms with Gasteiger partial charge in [-0.25, -0.2) is 4.79 Å². The monoisotopic (exact) mass is 244 g/mol. The molecular weight excluding hydrogens is 234 g/mol. The van der Waals surface area contributed by atoms with Crippen molar-refractivity contribution < 1.29 is 9.53 Å². The summed E-state index contributed by atoms with van der Waals surface area (Å²) in [5, 5.41) is 0. The Morgan fingerprint density at radius 2 is 2.00 bits per heavy atom. The van der Waals surface area contributed by atoms with Crippen LogP contribution in [0.25, 0.3) is 0 Å². The molecule has 0 aliphatic rings. The molecule has 0 aromatic rings. The fourth-order valence-corrected chi connectivity index (χ4v) is 0.744. The van der Waals surface area contributed by atoms with Crippen LogP contribution in [-0.4, -0.2) is 16.4 Å². The maximum absolute atomic E-state index is 11.1. The lowest BCUT2D eigenvalue weighted by Crippen LogP contribution is -2.18. The lowest BCUT2D eigenvalue weighted by atomic mass is 10.3. The molecule has 0 aromatic heterocycles. The fourth-order valence-electron chi connectivity index (χ4n) is 0.512. The topological polar surface area (TPSA) is 26.3 Å². The van der Waals surface area contributed by atoms with E-state index in [1.54, 1.807) is 0 Å². The molecule has 5 heteroatoms. The summed E-state index contributed by atoms with van der Waals surface area (Å²) in [7, 11) is 0. The molecule has 2 nitrogen and oxygen atoms in total. The van der Waals surface area contributed by atoms with Gasteiger partial charge in [-0.15, -0.1) is 0 Å². The second-order valence-electron chi connectivity index (χ2n) is 2.47. The van der Waals surface area contributed by atoms with Crippen molar-refractivity contribution in [1.29, 1.82) is 0 Å². The van der Waals surface area contributed by atoms with Crippen molar-refractivity contribution in [2.24, 2.45) is 0 Å². The van der Waals surface area contributed by atoms with Gasteiger partial charge >= 0.3 is 5.97 Å². The SMILES string of the molecule is C=C(C(=O)OCCCC)C(Cl)(Cl)Cl. The highest BCUT2D eigenvalue weighted by Crippen LogP contribution is 2.34. The third kappa shape index (κ3) is 5.40. The minimum Gasteiger partial charge on any atom is -0.462 e. The van der Waals surface area contributed by atoms with E-state index in [0.717, 1.165) is 12.8 Å². The van der Waals surface area contributed by atoms with Crippen molar-refractivity contribution in [3.63, 3.8) is 0 Å². The molecule has 0 unspecified atom stereocenters. The summed E-state index contributed by atoms with van der Waals surface area (Å²) in [6.45, 7) is 5.65. The number of carbonyl (C=O) groups is 1. The molecule has 0 atom stereocenters. The molecule has 0 bridgehead atoms. The lowest BCUT2D eigenvalue weighted by Gasteiger charge is -2.12. The molecule has 0 heterocycles. The van der Waals surface area contributed by atoms with E-state index < -0.39 is 9.76 Å². The van der Waals surface area contributed by atoms with E-state index in [-0.39, 0.29) is 5.57 Å². The minimum atomic E-state index is -1.77. The number of esters is 1. The van der Waals surface area contributed by atoms with Crippen LogP contribution in [0.1, 0.15) is 19.8 Å². The molecule has 0 radical (unpaired) electrons. The average molecular weight is 246 g/mol. The number of hydrogen-bond acceptors (Lipinski definition) is 2. The predicted octanol–water partition coefficient (Wildman–Crippen LogP) is 3.26. The van der Waals surface area contributed by atoms with Crippen LogP contribution in [0.4, 0.5) is 0 Å². The Kier molecular flexibility index (Phi) is 5.77. The Labute approximate surface area is 92.8 Å². The Balaban J connectivity index is 3.92. The van der Waals surface area contributed by atoms with Crippen LogP contribution in [-0.2, 0) is 9.53 Å². The number of alkyl halides is 3. The van der Waals surface area contributed by atoms with Crippen LogP contribution < -0.4 is 0 Å². The smallest absolute Gasteiger partial charge is 0.337 e. The van der Waals surface area contributed by atoms with Crippen LogP contribution in [0.5, 0.6) is 0 Å². The van der Waals surface area contributed by atoms with Crippen LogP contribution in [0.15, 0.2) is 12.2 Å². The van der Waals surface area contributed by atoms with E-state index in [1.807, 2.05) is 6.92 Å². The maximum atomic E-state index is 11.1. The summed E-state index contributed by atoms with van der Waals surface area (Å²) in [6, 6.07) is 0. The number of carbonyl (C=O) groups excluding carboxylic acids is 1. The van der Waals surface area contributed by atoms with Gasteiger partial charge in [0.1, 0.15) is 0 Å². The van der Waals surface area contributed by atoms with Gasteiger partial charge in [0, 0.05) is 0 Å². The number of unbranched alkanes of at least 4 members (excludes halogenated alkanes) is 1. The molecule has 0 aliphatic heterocycles. The highest BCUT2D eigenvalue weighted by atomic mass is 35.6. The second kappa shape index (κ2) is 5.74. The van der Waals surface area contributed by atoms with Gasteiger partial charge in [-0.05, 0) is 6.42 Å². The summed E-state index contributed by atoms with van der Waals surface area (Å²) in [5.74, 6) is -0.659. The Morgan fingerprint density at radius 3 is 2.38 bits per heavy atom. The van der Waals surface area contributed by atoms with Crippen LogP contribution >= 0.6 is 34.8 Å². The van der Waals surface area contributed by atoms with E-state index in [2.05, 4.69) is 6.58 Å². The molecule has 13 heavy (non-hydrogen) atoms. The highest BCUT2D eigenvalue weighted by molar-refractivity contribution is 6.70. The first-order chi connectivity index (χ1) is 5.89. The van der Waals surface area contributed by atoms with E-state index >= 15 is 0 Å². The molecule has 0 rings (SSSR count). The Morgan fingerprint density at radius 1 is 1.46 bits per heavy atom. The quantitative estimate of drug-likeness (QED) is 0.329. The van der Waals surface area contributed by atoms with Crippen molar-refractivity contribution in [1.82, 2.24) is 0 Å². The first-order valence-corrected chi connectivity index (χ1v) is 4.96. The van der Waals surface area contributed by atoms with Crippen molar-refractivity contribution in [2.45, 2.75) is 23.6 Å². The lowest BCUT2D eigenvalue weighted by molar-refractivity contribution is -0.139. The van der Waals surface area contributed by atoms with Gasteiger partial charge < -0.3 is 4.74 Å². The van der Waals surface area contributed by atoms with Gasteiger partial charge in [0.25, 0.3) is 0 Å². The summed E-state index contributed by atoms with van der Waals surface area (Å²) < 4.78 is 3.00. The summed E-state index contributed by atoms with van der Waals surface area (Å²) in [5.41, 5.74) is -0.159. The third-order valence-electron chi connectivity index (χ3n) is 1.32. The van der Waals surface area contributed by atoms with Crippen molar-refractivity contribution >= 4 is 40.8 Å². The Hall–Kier alpha value is 0.0800. The molecule has 0 fully saturated rings. The number of ether oxygens (including phenoxy) is 1. The molecule has 0 aliphatic carbocycles. The predicted molar refractivity (Wildman–Crippen MR) is 55.3 cm³/mol. The molecule has 0 saturated carbocycles. The summed E-state index contributed by atoms with van der Waals surface area (Å²) in [4.78, 5) is 11.1. The maximum Gasteiger partial charge on any atom is 0.337 e. The molecule has 0 spiro atoms. The zero-order valence-electron chi connectivity index (χ0n) is 7.28. The number of hydrogen-bond donors (Lipinski definition) is 0. The van der Waals surface area contributed by atoms with Crippen molar-refractivity contribution in [3.05, 3.63) is 12.2 Å². The van der Waals surface area contributed by atoms with Gasteiger partial charge in [0.15, 0.2) is 0 Å². The zero-order chi connectivity index (χ0) is 10.5. The van der Waals surface area contributed by atoms with Gasteiger partial charge in [0.2, 0.25) is 3.79 Å². The van der Waals surface area contributed by atoms with Crippen LogP contribution in [0.2, 0.25) is 0 Å². The van der Waals surface area contributed by atoms with Gasteiger partial charge in [0.05, 0.1) is 12.2 Å². The van der Waals surface area contributed by atoms with E-state index in [0.29, 0.717) is 6.61 Å². The zero-order valence-corrected chi connectivity index (χ0v) is 9.55. The number of halogens is 3.